The van der Waals surface area contributed by atoms with Crippen molar-refractivity contribution in [3.05, 3.63) is 50.2 Å². The van der Waals surface area contributed by atoms with Crippen LogP contribution in [0.4, 0.5) is 5.95 Å². The molecule has 3 aromatic heterocycles. The van der Waals surface area contributed by atoms with Crippen LogP contribution >= 0.6 is 0 Å². The van der Waals surface area contributed by atoms with Crippen molar-refractivity contribution in [1.82, 2.24) is 29.9 Å². The van der Waals surface area contributed by atoms with Crippen molar-refractivity contribution in [2.75, 3.05) is 5.73 Å². The number of hydrogen-bond acceptors (Lipinski definition) is 6. The highest BCUT2D eigenvalue weighted by Gasteiger charge is 2.16. The van der Waals surface area contributed by atoms with Crippen molar-refractivity contribution in [3.63, 3.8) is 0 Å². The number of nitrogens with one attached hydrogen (secondary N) is 2. The molecule has 3 heterocycles. The van der Waals surface area contributed by atoms with E-state index in [-0.39, 0.29) is 30.4 Å². The van der Waals surface area contributed by atoms with Crippen molar-refractivity contribution < 1.29 is 4.79 Å². The summed E-state index contributed by atoms with van der Waals surface area (Å²) < 4.78 is 1.53. The van der Waals surface area contributed by atoms with Crippen LogP contribution in [0.25, 0.3) is 5.78 Å². The molecule has 9 heteroatoms. The number of amides is 1. The molecular formula is C17H21N7O2. The van der Waals surface area contributed by atoms with Crippen LogP contribution in [0.1, 0.15) is 33.8 Å². The van der Waals surface area contributed by atoms with Gasteiger partial charge in [-0.25, -0.2) is 4.98 Å². The number of nitrogen functional groups attached to an aromatic ring is 1. The molecule has 26 heavy (non-hydrogen) atoms. The van der Waals surface area contributed by atoms with E-state index in [4.69, 9.17) is 5.73 Å². The van der Waals surface area contributed by atoms with Gasteiger partial charge in [0.05, 0.1) is 6.42 Å². The van der Waals surface area contributed by atoms with Crippen LogP contribution in [0, 0.1) is 27.7 Å². The Morgan fingerprint density at radius 2 is 1.96 bits per heavy atom. The highest BCUT2D eigenvalue weighted by atomic mass is 16.1. The van der Waals surface area contributed by atoms with Gasteiger partial charge in [0.1, 0.15) is 0 Å². The second-order valence-corrected chi connectivity index (χ2v) is 6.34. The Hall–Kier alpha value is -3.23. The fourth-order valence-electron chi connectivity index (χ4n) is 2.99. The molecule has 0 atom stereocenters. The molecule has 1 amide bonds. The lowest BCUT2D eigenvalue weighted by Gasteiger charge is -2.11. The minimum absolute atomic E-state index is 0.128. The van der Waals surface area contributed by atoms with Crippen molar-refractivity contribution >= 4 is 17.6 Å². The van der Waals surface area contributed by atoms with Gasteiger partial charge in [0, 0.05) is 34.8 Å². The number of carbonyl (C=O) groups excluding carboxylic acids is 1. The average Bonchev–Trinajstić information content (AvgIpc) is 2.91. The summed E-state index contributed by atoms with van der Waals surface area (Å²) in [7, 11) is 0. The zero-order valence-corrected chi connectivity index (χ0v) is 15.2. The maximum atomic E-state index is 12.4. The molecule has 3 rings (SSSR count). The van der Waals surface area contributed by atoms with Gasteiger partial charge in [-0.15, -0.1) is 5.10 Å². The summed E-state index contributed by atoms with van der Waals surface area (Å²) in [6, 6.07) is 1.88. The summed E-state index contributed by atoms with van der Waals surface area (Å²) in [4.78, 5) is 35.6. The van der Waals surface area contributed by atoms with Gasteiger partial charge in [-0.3, -0.25) is 9.59 Å². The number of H-pyrrole nitrogens is 1. The zero-order chi connectivity index (χ0) is 19.0. The molecule has 0 radical (unpaired) electrons. The first-order valence-corrected chi connectivity index (χ1v) is 8.20. The van der Waals surface area contributed by atoms with Crippen LogP contribution in [-0.4, -0.2) is 30.5 Å². The van der Waals surface area contributed by atoms with Gasteiger partial charge in [-0.05, 0) is 39.3 Å². The van der Waals surface area contributed by atoms with Gasteiger partial charge < -0.3 is 16.0 Å². The summed E-state index contributed by atoms with van der Waals surface area (Å²) in [5, 5.41) is 6.89. The van der Waals surface area contributed by atoms with E-state index in [2.05, 4.69) is 25.4 Å². The Balaban J connectivity index is 1.79. The van der Waals surface area contributed by atoms with Crippen LogP contribution in [0.3, 0.4) is 0 Å². The largest absolute Gasteiger partial charge is 0.366 e. The first kappa shape index (κ1) is 17.6. The van der Waals surface area contributed by atoms with Crippen molar-refractivity contribution in [2.24, 2.45) is 0 Å². The maximum absolute atomic E-state index is 12.4. The maximum Gasteiger partial charge on any atom is 0.254 e. The molecule has 136 valence electrons. The van der Waals surface area contributed by atoms with Crippen LogP contribution in [0.5, 0.6) is 0 Å². The fraction of sp³-hybridized carbons (Fsp3) is 0.353. The molecule has 0 aromatic carbocycles. The molecule has 3 aromatic rings. The van der Waals surface area contributed by atoms with Crippen LogP contribution in [0.2, 0.25) is 0 Å². The number of pyridine rings is 1. The number of rotatable bonds is 4. The van der Waals surface area contributed by atoms with E-state index < -0.39 is 0 Å². The Bertz CT molecular complexity index is 1070. The number of carbonyl (C=O) groups is 1. The molecule has 4 N–H and O–H groups in total. The van der Waals surface area contributed by atoms with Gasteiger partial charge in [-0.1, -0.05) is 0 Å². The lowest BCUT2D eigenvalue weighted by Crippen LogP contribution is -2.29. The molecule has 0 saturated heterocycles. The minimum atomic E-state index is -0.204. The van der Waals surface area contributed by atoms with E-state index in [9.17, 15) is 9.59 Å². The third-order valence-electron chi connectivity index (χ3n) is 4.36. The molecule has 0 unspecified atom stereocenters. The van der Waals surface area contributed by atoms with E-state index in [0.29, 0.717) is 17.0 Å². The third-order valence-corrected chi connectivity index (χ3v) is 4.36. The highest BCUT2D eigenvalue weighted by Crippen LogP contribution is 2.15. The molecule has 0 aliphatic heterocycles. The van der Waals surface area contributed by atoms with E-state index in [1.165, 1.54) is 4.52 Å². The van der Waals surface area contributed by atoms with Gasteiger partial charge in [-0.2, -0.15) is 9.50 Å². The smallest absolute Gasteiger partial charge is 0.254 e. The summed E-state index contributed by atoms with van der Waals surface area (Å²) in [6.45, 7) is 7.50. The second kappa shape index (κ2) is 6.58. The minimum Gasteiger partial charge on any atom is -0.366 e. The first-order chi connectivity index (χ1) is 12.3. The summed E-state index contributed by atoms with van der Waals surface area (Å²) in [6.07, 6.45) is 0.128. The summed E-state index contributed by atoms with van der Waals surface area (Å²) in [5.41, 5.74) is 9.84. The Kier molecular flexibility index (Phi) is 4.45. The lowest BCUT2D eigenvalue weighted by molar-refractivity contribution is -0.120. The molecular weight excluding hydrogens is 334 g/mol. The molecule has 0 saturated carbocycles. The Morgan fingerprint density at radius 1 is 1.23 bits per heavy atom. The van der Waals surface area contributed by atoms with Crippen LogP contribution < -0.4 is 16.6 Å². The number of hydrogen-bond donors (Lipinski definition) is 3. The quantitative estimate of drug-likeness (QED) is 0.624. The number of aromatic amines is 1. The zero-order valence-electron chi connectivity index (χ0n) is 15.2. The van der Waals surface area contributed by atoms with E-state index >= 15 is 0 Å². The number of nitrogens with two attached hydrogens (primary N) is 1. The van der Waals surface area contributed by atoms with Crippen molar-refractivity contribution in [2.45, 2.75) is 40.7 Å². The molecule has 0 aliphatic carbocycles. The number of nitrogens with zero attached hydrogens (tertiary/aromatic N) is 4. The topological polar surface area (TPSA) is 131 Å². The van der Waals surface area contributed by atoms with Crippen LogP contribution in [-0.2, 0) is 17.8 Å². The molecule has 0 spiro atoms. The highest BCUT2D eigenvalue weighted by molar-refractivity contribution is 5.79. The Labute approximate surface area is 149 Å². The van der Waals surface area contributed by atoms with Crippen molar-refractivity contribution in [3.8, 4) is 0 Å². The number of fused-ring (bicyclic) bond motifs is 1. The average molecular weight is 355 g/mol. The summed E-state index contributed by atoms with van der Waals surface area (Å²) >= 11 is 0. The predicted octanol–water partition coefficient (Wildman–Crippen LogP) is 0.487. The predicted molar refractivity (Wildman–Crippen MR) is 96.8 cm³/mol. The normalized spacial score (nSPS) is 11.1. The van der Waals surface area contributed by atoms with Crippen molar-refractivity contribution in [1.29, 1.82) is 0 Å². The van der Waals surface area contributed by atoms with E-state index in [0.717, 1.165) is 22.5 Å². The molecule has 0 aliphatic rings. The van der Waals surface area contributed by atoms with Gasteiger partial charge in [0.15, 0.2) is 0 Å². The molecule has 9 nitrogen and oxygen atoms in total. The standard InChI is InChI=1S/C17H21N7O2/c1-8-5-9(2)20-15(26)13(8)7-19-14(25)6-12-10(3)21-17-22-16(18)23-24(17)11(12)4/h5H,6-7H2,1-4H3,(H2,18,23)(H,19,25)(H,20,26). The second-order valence-electron chi connectivity index (χ2n) is 6.34. The monoisotopic (exact) mass is 355 g/mol. The lowest BCUT2D eigenvalue weighted by atomic mass is 10.1. The van der Waals surface area contributed by atoms with Gasteiger partial charge in [0.25, 0.3) is 11.3 Å². The van der Waals surface area contributed by atoms with Crippen LogP contribution in [0.15, 0.2) is 10.9 Å². The number of aryl methyl sites for hydroxylation is 4. The number of anilines is 1. The first-order valence-electron chi connectivity index (χ1n) is 8.20. The fourth-order valence-corrected chi connectivity index (χ4v) is 2.99. The number of aromatic nitrogens is 5. The van der Waals surface area contributed by atoms with Gasteiger partial charge in [0.2, 0.25) is 11.9 Å². The summed E-state index contributed by atoms with van der Waals surface area (Å²) in [5.74, 6) is 0.337. The third kappa shape index (κ3) is 3.28. The van der Waals surface area contributed by atoms with E-state index in [1.807, 2.05) is 33.8 Å². The van der Waals surface area contributed by atoms with E-state index in [1.54, 1.807) is 0 Å². The SMILES string of the molecule is Cc1cc(C)c(CNC(=O)Cc2c(C)nc3nc(N)nn3c2C)c(=O)[nH]1. The molecule has 0 bridgehead atoms. The van der Waals surface area contributed by atoms with Gasteiger partial charge >= 0.3 is 0 Å². The Morgan fingerprint density at radius 3 is 2.65 bits per heavy atom. The molecule has 0 fully saturated rings.